The highest BCUT2D eigenvalue weighted by Crippen LogP contribution is 2.18. The lowest BCUT2D eigenvalue weighted by Gasteiger charge is -2.05. The van der Waals surface area contributed by atoms with Gasteiger partial charge < -0.3 is 5.32 Å². The van der Waals surface area contributed by atoms with Crippen LogP contribution in [0.2, 0.25) is 5.02 Å². The first-order valence-corrected chi connectivity index (χ1v) is 7.59. The van der Waals surface area contributed by atoms with E-state index in [2.05, 4.69) is 25.3 Å². The van der Waals surface area contributed by atoms with Crippen LogP contribution in [0.3, 0.4) is 0 Å². The molecule has 0 bridgehead atoms. The van der Waals surface area contributed by atoms with Crippen LogP contribution >= 0.6 is 11.6 Å². The number of anilines is 1. The van der Waals surface area contributed by atoms with Gasteiger partial charge in [0.25, 0.3) is 0 Å². The van der Waals surface area contributed by atoms with Crippen LogP contribution in [-0.2, 0) is 6.54 Å². The first kappa shape index (κ1) is 16.5. The molecule has 1 aromatic carbocycles. The zero-order valence-corrected chi connectivity index (χ0v) is 13.6. The predicted molar refractivity (Wildman–Crippen MR) is 91.0 cm³/mol. The number of carbonyl (C=O) groups is 1. The summed E-state index contributed by atoms with van der Waals surface area (Å²) >= 11 is 5.88. The van der Waals surface area contributed by atoms with Gasteiger partial charge in [0.15, 0.2) is 5.78 Å². The van der Waals surface area contributed by atoms with Crippen LogP contribution in [0.15, 0.2) is 49.3 Å². The fourth-order valence-electron chi connectivity index (χ4n) is 2.06. The van der Waals surface area contributed by atoms with Gasteiger partial charge in [-0.25, -0.2) is 19.9 Å². The van der Waals surface area contributed by atoms with Gasteiger partial charge in [-0.15, -0.1) is 0 Å². The largest absolute Gasteiger partial charge is 0.350 e. The number of nitrogens with zero attached hydrogens (tertiary/aromatic N) is 5. The van der Waals surface area contributed by atoms with E-state index >= 15 is 0 Å². The Balaban J connectivity index is 1.71. The first-order chi connectivity index (χ1) is 12.2. The highest BCUT2D eigenvalue weighted by atomic mass is 35.5. The highest BCUT2D eigenvalue weighted by molar-refractivity contribution is 6.31. The number of aromatic nitrogens is 4. The Morgan fingerprint density at radius 3 is 2.52 bits per heavy atom. The second-order valence-corrected chi connectivity index (χ2v) is 5.44. The molecule has 122 valence electrons. The third-order valence-corrected chi connectivity index (χ3v) is 3.66. The predicted octanol–water partition coefficient (Wildman–Crippen LogP) is 2.63. The molecular formula is C17H11ClN6O. The van der Waals surface area contributed by atoms with Gasteiger partial charge in [-0.3, -0.25) is 4.79 Å². The van der Waals surface area contributed by atoms with Gasteiger partial charge in [-0.05, 0) is 18.2 Å². The van der Waals surface area contributed by atoms with Crippen molar-refractivity contribution in [3.63, 3.8) is 0 Å². The lowest BCUT2D eigenvalue weighted by molar-refractivity contribution is 0.103. The summed E-state index contributed by atoms with van der Waals surface area (Å²) in [5.41, 5.74) is 1.81. The molecule has 7 nitrogen and oxygen atoms in total. The topological polar surface area (TPSA) is 104 Å². The summed E-state index contributed by atoms with van der Waals surface area (Å²) in [7, 11) is 0. The molecule has 8 heteroatoms. The molecule has 0 saturated heterocycles. The minimum atomic E-state index is -0.281. The van der Waals surface area contributed by atoms with E-state index < -0.39 is 0 Å². The van der Waals surface area contributed by atoms with Crippen LogP contribution in [-0.4, -0.2) is 25.7 Å². The minimum Gasteiger partial charge on any atom is -0.350 e. The van der Waals surface area contributed by atoms with Crippen molar-refractivity contribution in [2.24, 2.45) is 0 Å². The molecule has 2 aromatic heterocycles. The van der Waals surface area contributed by atoms with Crippen LogP contribution in [0, 0.1) is 11.3 Å². The Morgan fingerprint density at radius 2 is 1.84 bits per heavy atom. The molecule has 0 spiro atoms. The third kappa shape index (κ3) is 3.94. The summed E-state index contributed by atoms with van der Waals surface area (Å²) in [6.07, 6.45) is 7.69. The second-order valence-electron chi connectivity index (χ2n) is 5.03. The molecule has 0 saturated carbocycles. The Kier molecular flexibility index (Phi) is 4.92. The smallest absolute Gasteiger partial charge is 0.222 e. The molecule has 0 aliphatic rings. The van der Waals surface area contributed by atoms with Gasteiger partial charge in [0, 0.05) is 42.5 Å². The molecule has 0 aliphatic carbocycles. The average molecular weight is 351 g/mol. The number of hydrogen-bond donors (Lipinski definition) is 1. The van der Waals surface area contributed by atoms with Crippen LogP contribution in [0.5, 0.6) is 0 Å². The zero-order valence-electron chi connectivity index (χ0n) is 12.8. The van der Waals surface area contributed by atoms with Gasteiger partial charge in [0.1, 0.15) is 12.4 Å². The molecule has 25 heavy (non-hydrogen) atoms. The summed E-state index contributed by atoms with van der Waals surface area (Å²) < 4.78 is 0. The first-order valence-electron chi connectivity index (χ1n) is 7.21. The molecule has 3 aromatic rings. The lowest BCUT2D eigenvalue weighted by atomic mass is 10.0. The van der Waals surface area contributed by atoms with E-state index in [0.29, 0.717) is 28.6 Å². The molecule has 0 atom stereocenters. The molecule has 2 heterocycles. The summed E-state index contributed by atoms with van der Waals surface area (Å²) in [6.45, 7) is 0.469. The van der Waals surface area contributed by atoms with E-state index in [0.717, 1.165) is 5.56 Å². The Bertz CT molecular complexity index is 938. The number of hydrogen-bond acceptors (Lipinski definition) is 7. The van der Waals surface area contributed by atoms with Crippen LogP contribution in [0.1, 0.15) is 27.0 Å². The van der Waals surface area contributed by atoms with Crippen LogP contribution in [0.25, 0.3) is 0 Å². The average Bonchev–Trinajstić information content (AvgIpc) is 2.67. The van der Waals surface area contributed by atoms with Crippen molar-refractivity contribution < 1.29 is 4.79 Å². The SMILES string of the molecule is N#Cc1cc(C(=O)c2cnc(NCc3cncnc3)nc2)ccc1Cl. The van der Waals surface area contributed by atoms with Crippen molar-refractivity contribution >= 4 is 23.3 Å². The van der Waals surface area contributed by atoms with Crippen LogP contribution in [0.4, 0.5) is 5.95 Å². The third-order valence-electron chi connectivity index (χ3n) is 3.33. The van der Waals surface area contributed by atoms with E-state index in [9.17, 15) is 4.79 Å². The molecule has 0 amide bonds. The summed E-state index contributed by atoms with van der Waals surface area (Å²) in [6, 6.07) is 6.48. The monoisotopic (exact) mass is 350 g/mol. The molecule has 0 fully saturated rings. The molecular weight excluding hydrogens is 340 g/mol. The number of rotatable bonds is 5. The number of nitrogens with one attached hydrogen (secondary N) is 1. The maximum absolute atomic E-state index is 12.4. The number of carbonyl (C=O) groups excluding carboxylic acids is 1. The molecule has 0 unspecified atom stereocenters. The summed E-state index contributed by atoms with van der Waals surface area (Å²) in [5, 5.41) is 12.3. The van der Waals surface area contributed by atoms with E-state index in [4.69, 9.17) is 16.9 Å². The van der Waals surface area contributed by atoms with Crippen molar-refractivity contribution in [1.29, 1.82) is 5.26 Å². The fraction of sp³-hybridized carbons (Fsp3) is 0.0588. The lowest BCUT2D eigenvalue weighted by Crippen LogP contribution is -2.07. The van der Waals surface area contributed by atoms with E-state index in [1.165, 1.54) is 30.9 Å². The van der Waals surface area contributed by atoms with Crippen molar-refractivity contribution in [3.8, 4) is 6.07 Å². The zero-order chi connectivity index (χ0) is 17.6. The van der Waals surface area contributed by atoms with E-state index in [-0.39, 0.29) is 11.3 Å². The van der Waals surface area contributed by atoms with E-state index in [1.54, 1.807) is 18.5 Å². The quantitative estimate of drug-likeness (QED) is 0.705. The molecule has 0 aliphatic heterocycles. The van der Waals surface area contributed by atoms with Gasteiger partial charge in [0.05, 0.1) is 16.1 Å². The standard InChI is InChI=1S/C17H11ClN6O/c18-15-2-1-12(3-13(15)4-19)16(25)14-8-23-17(24-9-14)22-7-11-5-20-10-21-6-11/h1-3,5-6,8-10H,7H2,(H,22,23,24). The number of nitriles is 1. The Labute approximate surface area is 148 Å². The Hall–Kier alpha value is -3.37. The maximum Gasteiger partial charge on any atom is 0.222 e. The van der Waals surface area contributed by atoms with Gasteiger partial charge in [-0.2, -0.15) is 5.26 Å². The maximum atomic E-state index is 12.4. The molecule has 0 radical (unpaired) electrons. The second kappa shape index (κ2) is 7.47. The normalized spacial score (nSPS) is 10.1. The van der Waals surface area contributed by atoms with Gasteiger partial charge in [-0.1, -0.05) is 11.6 Å². The highest BCUT2D eigenvalue weighted by Gasteiger charge is 2.12. The molecule has 1 N–H and O–H groups in total. The number of benzene rings is 1. The van der Waals surface area contributed by atoms with Gasteiger partial charge in [0.2, 0.25) is 5.95 Å². The van der Waals surface area contributed by atoms with Crippen molar-refractivity contribution in [2.45, 2.75) is 6.54 Å². The number of ketones is 1. The number of halogens is 1. The van der Waals surface area contributed by atoms with Gasteiger partial charge >= 0.3 is 0 Å². The fourth-order valence-corrected chi connectivity index (χ4v) is 2.22. The van der Waals surface area contributed by atoms with Crippen molar-refractivity contribution in [3.05, 3.63) is 76.6 Å². The van der Waals surface area contributed by atoms with Crippen molar-refractivity contribution in [1.82, 2.24) is 19.9 Å². The van der Waals surface area contributed by atoms with Crippen LogP contribution < -0.4 is 5.32 Å². The summed E-state index contributed by atoms with van der Waals surface area (Å²) in [5.74, 6) is 0.102. The molecule has 3 rings (SSSR count). The summed E-state index contributed by atoms with van der Waals surface area (Å²) in [4.78, 5) is 28.5. The van der Waals surface area contributed by atoms with E-state index in [1.807, 2.05) is 6.07 Å². The van der Waals surface area contributed by atoms with Crippen molar-refractivity contribution in [2.75, 3.05) is 5.32 Å². The Morgan fingerprint density at radius 1 is 1.12 bits per heavy atom. The minimum absolute atomic E-state index is 0.247.